The first-order valence-corrected chi connectivity index (χ1v) is 17.5. The number of hydrogen-bond donors (Lipinski definition) is 0. The van der Waals surface area contributed by atoms with Crippen molar-refractivity contribution in [3.63, 3.8) is 0 Å². The molecule has 0 aliphatic carbocycles. The molecule has 0 aliphatic heterocycles. The maximum absolute atomic E-state index is 4.58. The van der Waals surface area contributed by atoms with Crippen molar-refractivity contribution in [2.75, 3.05) is 4.90 Å². The third-order valence-corrected chi connectivity index (χ3v) is 9.85. The number of pyridine rings is 1. The summed E-state index contributed by atoms with van der Waals surface area (Å²) in [6, 6.07) is 57.7. The number of anilines is 3. The Labute approximate surface area is 305 Å². The maximum atomic E-state index is 4.58. The summed E-state index contributed by atoms with van der Waals surface area (Å²) >= 11 is 0. The number of hydrogen-bond acceptors (Lipinski definition) is 5. The highest BCUT2D eigenvalue weighted by Gasteiger charge is 2.20. The van der Waals surface area contributed by atoms with E-state index in [0.29, 0.717) is 5.82 Å². The van der Waals surface area contributed by atoms with Gasteiger partial charge in [-0.2, -0.15) is 0 Å². The van der Waals surface area contributed by atoms with Gasteiger partial charge in [0.25, 0.3) is 0 Å². The van der Waals surface area contributed by atoms with E-state index >= 15 is 0 Å². The number of fused-ring (bicyclic) bond motifs is 5. The molecule has 0 aliphatic rings. The number of aromatic nitrogens is 6. The third-order valence-electron chi connectivity index (χ3n) is 9.85. The van der Waals surface area contributed by atoms with Crippen LogP contribution in [0.3, 0.4) is 0 Å². The highest BCUT2D eigenvalue weighted by molar-refractivity contribution is 6.22. The van der Waals surface area contributed by atoms with E-state index in [9.17, 15) is 0 Å². The van der Waals surface area contributed by atoms with Gasteiger partial charge in [-0.25, -0.2) is 15.0 Å². The number of para-hydroxylation sites is 2. The van der Waals surface area contributed by atoms with Crippen LogP contribution in [-0.4, -0.2) is 29.1 Å². The monoisotopic (exact) mass is 681 g/mol. The molecule has 10 rings (SSSR count). The van der Waals surface area contributed by atoms with Gasteiger partial charge in [-0.1, -0.05) is 54.6 Å². The summed E-state index contributed by atoms with van der Waals surface area (Å²) in [5.74, 6) is 0.638. The normalized spacial score (nSPS) is 11.4. The van der Waals surface area contributed by atoms with Crippen LogP contribution in [0.15, 0.2) is 189 Å². The van der Waals surface area contributed by atoms with Crippen LogP contribution in [0.1, 0.15) is 0 Å². The molecule has 0 atom stereocenters. The molecule has 0 spiro atoms. The lowest BCUT2D eigenvalue weighted by Crippen LogP contribution is -2.10. The molecule has 7 nitrogen and oxygen atoms in total. The lowest BCUT2D eigenvalue weighted by molar-refractivity contribution is 1.06. The van der Waals surface area contributed by atoms with Crippen molar-refractivity contribution in [1.29, 1.82) is 0 Å². The molecular weight excluding hydrogens is 651 g/mol. The molecule has 10 aromatic rings. The van der Waals surface area contributed by atoms with Crippen LogP contribution in [-0.2, 0) is 0 Å². The predicted molar refractivity (Wildman–Crippen MR) is 214 cm³/mol. The molecule has 0 radical (unpaired) electrons. The summed E-state index contributed by atoms with van der Waals surface area (Å²) < 4.78 is 4.65. The van der Waals surface area contributed by atoms with Gasteiger partial charge in [0, 0.05) is 68.1 Å². The largest absolute Gasteiger partial charge is 0.317 e. The molecule has 4 aromatic heterocycles. The van der Waals surface area contributed by atoms with Crippen molar-refractivity contribution >= 4 is 49.8 Å². The highest BCUT2D eigenvalue weighted by atomic mass is 15.1. The van der Waals surface area contributed by atoms with E-state index in [1.165, 1.54) is 28.8 Å². The minimum atomic E-state index is 0.638. The predicted octanol–water partition coefficient (Wildman–Crippen LogP) is 11.1. The van der Waals surface area contributed by atoms with Gasteiger partial charge in [-0.15, -0.1) is 0 Å². The molecule has 53 heavy (non-hydrogen) atoms. The van der Waals surface area contributed by atoms with Gasteiger partial charge in [-0.05, 0) is 109 Å². The Morgan fingerprint density at radius 2 is 1.08 bits per heavy atom. The highest BCUT2D eigenvalue weighted by Crippen LogP contribution is 2.42. The number of rotatable bonds is 7. The molecule has 0 saturated carbocycles. The third kappa shape index (κ3) is 5.30. The van der Waals surface area contributed by atoms with Gasteiger partial charge in [0.1, 0.15) is 12.7 Å². The van der Waals surface area contributed by atoms with Crippen LogP contribution >= 0.6 is 0 Å². The van der Waals surface area contributed by atoms with Crippen molar-refractivity contribution in [2.24, 2.45) is 0 Å². The van der Waals surface area contributed by atoms with E-state index in [2.05, 4.69) is 186 Å². The summed E-state index contributed by atoms with van der Waals surface area (Å²) in [4.78, 5) is 19.6. The Bertz CT molecular complexity index is 2770. The van der Waals surface area contributed by atoms with Crippen LogP contribution in [0.5, 0.6) is 0 Å². The molecule has 4 heterocycles. The number of nitrogens with zero attached hydrogens (tertiary/aromatic N) is 7. The fourth-order valence-electron chi connectivity index (χ4n) is 7.44. The first-order valence-electron chi connectivity index (χ1n) is 17.5. The lowest BCUT2D eigenvalue weighted by Gasteiger charge is -2.26. The van der Waals surface area contributed by atoms with E-state index in [4.69, 9.17) is 0 Å². The molecule has 250 valence electrons. The van der Waals surface area contributed by atoms with E-state index in [1.54, 1.807) is 0 Å². The number of benzene rings is 6. The Hall–Kier alpha value is -7.38. The van der Waals surface area contributed by atoms with Gasteiger partial charge in [0.2, 0.25) is 0 Å². The molecule has 0 amide bonds. The quantitative estimate of drug-likeness (QED) is 0.167. The van der Waals surface area contributed by atoms with Gasteiger partial charge in [0.05, 0.1) is 22.2 Å². The smallest absolute Gasteiger partial charge is 0.162 e. The second-order valence-electron chi connectivity index (χ2n) is 12.9. The Kier molecular flexibility index (Phi) is 7.32. The summed E-state index contributed by atoms with van der Waals surface area (Å²) in [6.45, 7) is 0. The second kappa shape index (κ2) is 12.7. The van der Waals surface area contributed by atoms with Crippen molar-refractivity contribution in [1.82, 2.24) is 29.1 Å². The minimum Gasteiger partial charge on any atom is -0.317 e. The molecule has 0 saturated heterocycles. The molecule has 0 bridgehead atoms. The Morgan fingerprint density at radius 3 is 1.77 bits per heavy atom. The molecule has 0 fully saturated rings. The molecule has 7 heteroatoms. The summed E-state index contributed by atoms with van der Waals surface area (Å²) in [5, 5.41) is 3.60. The first kappa shape index (κ1) is 30.4. The van der Waals surface area contributed by atoms with Crippen LogP contribution in [0.2, 0.25) is 0 Å². The van der Waals surface area contributed by atoms with Crippen LogP contribution in [0.4, 0.5) is 17.1 Å². The molecule has 0 unspecified atom stereocenters. The molecule has 0 N–H and O–H groups in total. The van der Waals surface area contributed by atoms with E-state index in [1.807, 2.05) is 24.4 Å². The fourth-order valence-corrected chi connectivity index (χ4v) is 7.44. The summed E-state index contributed by atoms with van der Waals surface area (Å²) in [7, 11) is 0. The van der Waals surface area contributed by atoms with Crippen molar-refractivity contribution in [3.8, 4) is 34.0 Å². The van der Waals surface area contributed by atoms with Gasteiger partial charge >= 0.3 is 0 Å². The topological polar surface area (TPSA) is 64.7 Å². The van der Waals surface area contributed by atoms with Gasteiger partial charge in [0.15, 0.2) is 5.82 Å². The van der Waals surface area contributed by atoms with Gasteiger partial charge < -0.3 is 14.0 Å². The summed E-state index contributed by atoms with van der Waals surface area (Å²) in [6.07, 6.45) is 7.06. The van der Waals surface area contributed by atoms with Crippen LogP contribution < -0.4 is 4.90 Å². The first-order chi connectivity index (χ1) is 26.3. The van der Waals surface area contributed by atoms with E-state index < -0.39 is 0 Å². The van der Waals surface area contributed by atoms with E-state index in [-0.39, 0.29) is 0 Å². The average molecular weight is 682 g/mol. The average Bonchev–Trinajstić information content (AvgIpc) is 3.82. The SMILES string of the molecule is c1ccc(-n2ccc3c4c5cc(N(c6ccc(-c7ccccn7)cc6)c6ccc(-c7ncncn7)cc6)ccc5n(-c5ccccc5)c4ccc32)cc1. The van der Waals surface area contributed by atoms with E-state index in [0.717, 1.165) is 61.8 Å². The minimum absolute atomic E-state index is 0.638. The standard InChI is InChI=1S/C46H31N7/c1-3-9-34(10-4-1)51-28-26-39-42(51)24-25-44-45(39)40-29-38(22-23-43(40)53(44)35-11-5-2-6-12-35)52(36-18-14-32(15-19-36)41-13-7-8-27-48-41)37-20-16-33(17-21-37)46-49-30-47-31-50-46/h1-31H. The fraction of sp³-hybridized carbons (Fsp3) is 0. The van der Waals surface area contributed by atoms with Crippen molar-refractivity contribution < 1.29 is 0 Å². The Morgan fingerprint density at radius 1 is 0.453 bits per heavy atom. The van der Waals surface area contributed by atoms with Crippen molar-refractivity contribution in [2.45, 2.75) is 0 Å². The summed E-state index contributed by atoms with van der Waals surface area (Å²) in [5.41, 5.74) is 11.7. The zero-order valence-corrected chi connectivity index (χ0v) is 28.5. The second-order valence-corrected chi connectivity index (χ2v) is 12.9. The zero-order valence-electron chi connectivity index (χ0n) is 28.5. The van der Waals surface area contributed by atoms with Crippen LogP contribution in [0.25, 0.3) is 66.7 Å². The molecule has 6 aromatic carbocycles. The van der Waals surface area contributed by atoms with Gasteiger partial charge in [-0.3, -0.25) is 4.98 Å². The van der Waals surface area contributed by atoms with Crippen LogP contribution in [0, 0.1) is 0 Å². The maximum Gasteiger partial charge on any atom is 0.162 e. The van der Waals surface area contributed by atoms with Crippen molar-refractivity contribution in [3.05, 3.63) is 189 Å². The Balaban J connectivity index is 1.19. The lowest BCUT2D eigenvalue weighted by atomic mass is 10.1. The zero-order chi connectivity index (χ0) is 35.1. The molecular formula is C46H31N7.